The Morgan fingerprint density at radius 1 is 1.05 bits per heavy atom. The summed E-state index contributed by atoms with van der Waals surface area (Å²) in [6.45, 7) is 0.621. The molecule has 2 aromatic carbocycles. The van der Waals surface area contributed by atoms with Crippen LogP contribution < -0.4 is 15.4 Å². The molecule has 1 aliphatic carbocycles. The zero-order valence-electron chi connectivity index (χ0n) is 12.7. The van der Waals surface area contributed by atoms with Gasteiger partial charge in [-0.1, -0.05) is 36.4 Å². The van der Waals surface area contributed by atoms with Crippen LogP contribution in [0.1, 0.15) is 11.1 Å². The summed E-state index contributed by atoms with van der Waals surface area (Å²) in [6.07, 6.45) is 1.96. The largest absolute Gasteiger partial charge is 0.495 e. The third-order valence-electron chi connectivity index (χ3n) is 4.70. The lowest BCUT2D eigenvalue weighted by molar-refractivity contribution is 0.398. The Morgan fingerprint density at radius 2 is 1.62 bits per heavy atom. The fraction of sp³-hybridized carbons (Fsp3) is 0.333. The summed E-state index contributed by atoms with van der Waals surface area (Å²) in [5, 5.41) is 0. The van der Waals surface area contributed by atoms with Crippen molar-refractivity contribution in [2.24, 2.45) is 5.73 Å². The van der Waals surface area contributed by atoms with Crippen LogP contribution in [0.5, 0.6) is 5.75 Å². The van der Waals surface area contributed by atoms with Gasteiger partial charge in [-0.05, 0) is 36.1 Å². The lowest BCUT2D eigenvalue weighted by Crippen LogP contribution is -2.53. The van der Waals surface area contributed by atoms with E-state index in [-0.39, 0.29) is 5.54 Å². The average molecular weight is 282 g/mol. The second kappa shape index (κ2) is 5.41. The number of benzene rings is 2. The molecule has 3 nitrogen and oxygen atoms in total. The molecule has 0 saturated carbocycles. The second-order valence-corrected chi connectivity index (χ2v) is 5.78. The van der Waals surface area contributed by atoms with Crippen molar-refractivity contribution in [2.75, 3.05) is 25.6 Å². The SMILES string of the molecule is COc1ccccc1N(C)C1(CN)Cc2ccccc2C1. The molecule has 21 heavy (non-hydrogen) atoms. The van der Waals surface area contributed by atoms with Crippen molar-refractivity contribution in [3.8, 4) is 5.75 Å². The number of hydrogen-bond acceptors (Lipinski definition) is 3. The number of fused-ring (bicyclic) bond motifs is 1. The number of likely N-dealkylation sites (N-methyl/N-ethyl adjacent to an activating group) is 1. The van der Waals surface area contributed by atoms with Gasteiger partial charge >= 0.3 is 0 Å². The smallest absolute Gasteiger partial charge is 0.142 e. The van der Waals surface area contributed by atoms with E-state index in [1.54, 1.807) is 7.11 Å². The van der Waals surface area contributed by atoms with E-state index in [0.717, 1.165) is 24.3 Å². The van der Waals surface area contributed by atoms with Crippen molar-refractivity contribution in [1.29, 1.82) is 0 Å². The summed E-state index contributed by atoms with van der Waals surface area (Å²) in [7, 11) is 3.84. The van der Waals surface area contributed by atoms with Crippen LogP contribution in [0.4, 0.5) is 5.69 Å². The van der Waals surface area contributed by atoms with Crippen LogP contribution in [0.2, 0.25) is 0 Å². The minimum absolute atomic E-state index is 0.0711. The lowest BCUT2D eigenvalue weighted by Gasteiger charge is -2.40. The molecule has 1 aliphatic rings. The van der Waals surface area contributed by atoms with Crippen LogP contribution in [-0.2, 0) is 12.8 Å². The molecule has 0 heterocycles. The van der Waals surface area contributed by atoms with Gasteiger partial charge in [0.05, 0.1) is 18.3 Å². The fourth-order valence-electron chi connectivity index (χ4n) is 3.35. The third-order valence-corrected chi connectivity index (χ3v) is 4.70. The molecule has 3 rings (SSSR count). The molecule has 0 aromatic heterocycles. The fourth-order valence-corrected chi connectivity index (χ4v) is 3.35. The van der Waals surface area contributed by atoms with Gasteiger partial charge in [-0.3, -0.25) is 0 Å². The summed E-state index contributed by atoms with van der Waals surface area (Å²) >= 11 is 0. The van der Waals surface area contributed by atoms with Crippen LogP contribution in [0.3, 0.4) is 0 Å². The number of nitrogens with two attached hydrogens (primary N) is 1. The van der Waals surface area contributed by atoms with Gasteiger partial charge in [-0.15, -0.1) is 0 Å². The quantitative estimate of drug-likeness (QED) is 0.937. The molecule has 0 amide bonds. The standard InChI is InChI=1S/C18H22N2O/c1-20(16-9-5-6-10-17(16)21-2)18(13-19)11-14-7-3-4-8-15(14)12-18/h3-10H,11-13,19H2,1-2H3. The van der Waals surface area contributed by atoms with Gasteiger partial charge in [0.25, 0.3) is 0 Å². The summed E-state index contributed by atoms with van der Waals surface area (Å²) in [5.74, 6) is 0.892. The van der Waals surface area contributed by atoms with Crippen molar-refractivity contribution < 1.29 is 4.74 Å². The molecule has 2 aromatic rings. The van der Waals surface area contributed by atoms with E-state index in [1.807, 2.05) is 18.2 Å². The van der Waals surface area contributed by atoms with Crippen molar-refractivity contribution in [3.05, 3.63) is 59.7 Å². The van der Waals surface area contributed by atoms with Crippen molar-refractivity contribution in [3.63, 3.8) is 0 Å². The minimum atomic E-state index is -0.0711. The first kappa shape index (κ1) is 14.0. The molecule has 0 fully saturated rings. The maximum atomic E-state index is 6.20. The Balaban J connectivity index is 1.98. The van der Waals surface area contributed by atoms with E-state index < -0.39 is 0 Å². The van der Waals surface area contributed by atoms with E-state index in [9.17, 15) is 0 Å². The Labute approximate surface area is 126 Å². The molecule has 0 radical (unpaired) electrons. The predicted octanol–water partition coefficient (Wildman–Crippen LogP) is 2.63. The molecule has 0 saturated heterocycles. The van der Waals surface area contributed by atoms with E-state index in [4.69, 9.17) is 10.5 Å². The molecule has 110 valence electrons. The highest BCUT2D eigenvalue weighted by Gasteiger charge is 2.40. The number of anilines is 1. The molecule has 0 bridgehead atoms. The zero-order chi connectivity index (χ0) is 14.9. The Kier molecular flexibility index (Phi) is 3.60. The van der Waals surface area contributed by atoms with Crippen LogP contribution in [0.15, 0.2) is 48.5 Å². The van der Waals surface area contributed by atoms with E-state index in [1.165, 1.54) is 11.1 Å². The van der Waals surface area contributed by atoms with Crippen LogP contribution in [0, 0.1) is 0 Å². The van der Waals surface area contributed by atoms with E-state index >= 15 is 0 Å². The molecule has 0 unspecified atom stereocenters. The Hall–Kier alpha value is -2.00. The molecule has 0 atom stereocenters. The number of hydrogen-bond donors (Lipinski definition) is 1. The second-order valence-electron chi connectivity index (χ2n) is 5.78. The summed E-state index contributed by atoms with van der Waals surface area (Å²) < 4.78 is 5.51. The monoisotopic (exact) mass is 282 g/mol. The van der Waals surface area contributed by atoms with Crippen molar-refractivity contribution in [2.45, 2.75) is 18.4 Å². The first-order valence-electron chi connectivity index (χ1n) is 7.34. The van der Waals surface area contributed by atoms with Crippen LogP contribution in [0.25, 0.3) is 0 Å². The number of methoxy groups -OCH3 is 1. The van der Waals surface area contributed by atoms with Gasteiger partial charge in [0.2, 0.25) is 0 Å². The zero-order valence-corrected chi connectivity index (χ0v) is 12.7. The summed E-state index contributed by atoms with van der Waals surface area (Å²) in [4.78, 5) is 2.30. The van der Waals surface area contributed by atoms with Crippen molar-refractivity contribution >= 4 is 5.69 Å². The molecular formula is C18H22N2O. The first-order valence-corrected chi connectivity index (χ1v) is 7.34. The van der Waals surface area contributed by atoms with Gasteiger partial charge in [0.15, 0.2) is 0 Å². The molecule has 0 spiro atoms. The van der Waals surface area contributed by atoms with E-state index in [2.05, 4.69) is 42.3 Å². The van der Waals surface area contributed by atoms with Gasteiger partial charge < -0.3 is 15.4 Å². The molecule has 2 N–H and O–H groups in total. The molecule has 0 aliphatic heterocycles. The third kappa shape index (κ3) is 2.28. The number of rotatable bonds is 4. The maximum Gasteiger partial charge on any atom is 0.142 e. The predicted molar refractivity (Wildman–Crippen MR) is 87.0 cm³/mol. The number of nitrogens with zero attached hydrogens (tertiary/aromatic N) is 1. The van der Waals surface area contributed by atoms with Gasteiger partial charge in [0, 0.05) is 13.6 Å². The van der Waals surface area contributed by atoms with Gasteiger partial charge in [0.1, 0.15) is 5.75 Å². The highest BCUT2D eigenvalue weighted by atomic mass is 16.5. The average Bonchev–Trinajstić information content (AvgIpc) is 2.94. The Bertz CT molecular complexity index is 614. The van der Waals surface area contributed by atoms with Crippen molar-refractivity contribution in [1.82, 2.24) is 0 Å². The maximum absolute atomic E-state index is 6.20. The topological polar surface area (TPSA) is 38.5 Å². The highest BCUT2D eigenvalue weighted by molar-refractivity contribution is 5.61. The van der Waals surface area contributed by atoms with Gasteiger partial charge in [-0.2, -0.15) is 0 Å². The van der Waals surface area contributed by atoms with Crippen LogP contribution >= 0.6 is 0 Å². The minimum Gasteiger partial charge on any atom is -0.495 e. The highest BCUT2D eigenvalue weighted by Crippen LogP contribution is 2.39. The number of para-hydroxylation sites is 2. The Morgan fingerprint density at radius 3 is 2.19 bits per heavy atom. The van der Waals surface area contributed by atoms with Gasteiger partial charge in [-0.25, -0.2) is 0 Å². The molecular weight excluding hydrogens is 260 g/mol. The lowest BCUT2D eigenvalue weighted by atomic mass is 9.93. The normalized spacial score (nSPS) is 15.6. The van der Waals surface area contributed by atoms with Crippen LogP contribution in [-0.4, -0.2) is 26.2 Å². The summed E-state index contributed by atoms with van der Waals surface area (Å²) in [6, 6.07) is 16.8. The van der Waals surface area contributed by atoms with E-state index in [0.29, 0.717) is 6.54 Å². The number of ether oxygens (including phenoxy) is 1. The molecule has 3 heteroatoms. The summed E-state index contributed by atoms with van der Waals surface area (Å²) in [5.41, 5.74) is 10.0. The first-order chi connectivity index (χ1) is 10.2.